The maximum atomic E-state index is 13.5. The van der Waals surface area contributed by atoms with E-state index in [1.54, 1.807) is 54.6 Å². The molecule has 4 aromatic rings. The van der Waals surface area contributed by atoms with Crippen LogP contribution in [-0.4, -0.2) is 27.1 Å². The second-order valence-corrected chi connectivity index (χ2v) is 11.7. The summed E-state index contributed by atoms with van der Waals surface area (Å²) in [7, 11) is -4.06. The van der Waals surface area contributed by atoms with Crippen molar-refractivity contribution in [2.75, 3.05) is 10.8 Å². The first kappa shape index (κ1) is 29.1. The fraction of sp³-hybridized carbons (Fsp3) is 0.133. The van der Waals surface area contributed by atoms with Crippen molar-refractivity contribution in [2.45, 2.75) is 25.3 Å². The number of amides is 1. The molecular formula is C30H27Cl2N3O4S. The fourth-order valence-corrected chi connectivity index (χ4v) is 5.48. The number of anilines is 1. The van der Waals surface area contributed by atoms with Gasteiger partial charge in [-0.05, 0) is 91.2 Å². The standard InChI is InChI=1S/C30H27Cl2N3O4S/c1-21-6-14-28(15-7-21)40(37,38)35(26-11-8-22(2)29(32)17-26)19-30(36)34-33-18-23-9-12-27(13-10-23)39-20-24-4-3-5-25(31)16-24/h3-18H,19-20H2,1-2H3,(H,34,36)/b33-18-. The van der Waals surface area contributed by atoms with E-state index in [0.717, 1.165) is 21.0 Å². The molecule has 0 atom stereocenters. The molecule has 0 fully saturated rings. The second-order valence-electron chi connectivity index (χ2n) is 9.04. The Labute approximate surface area is 244 Å². The number of ether oxygens (including phenoxy) is 1. The van der Waals surface area contributed by atoms with Gasteiger partial charge in [0.1, 0.15) is 18.9 Å². The molecule has 0 aliphatic heterocycles. The summed E-state index contributed by atoms with van der Waals surface area (Å²) in [6.07, 6.45) is 1.46. The smallest absolute Gasteiger partial charge is 0.264 e. The summed E-state index contributed by atoms with van der Waals surface area (Å²) in [5, 5.41) is 5.03. The lowest BCUT2D eigenvalue weighted by molar-refractivity contribution is -0.119. The molecule has 0 aromatic heterocycles. The van der Waals surface area contributed by atoms with Crippen molar-refractivity contribution in [3.8, 4) is 5.75 Å². The third kappa shape index (κ3) is 7.63. The number of aryl methyl sites for hydroxylation is 2. The van der Waals surface area contributed by atoms with Crippen LogP contribution in [0.1, 0.15) is 22.3 Å². The summed E-state index contributed by atoms with van der Waals surface area (Å²) >= 11 is 12.3. The van der Waals surface area contributed by atoms with Gasteiger partial charge in [-0.3, -0.25) is 9.10 Å². The van der Waals surface area contributed by atoms with Gasteiger partial charge in [0.25, 0.3) is 15.9 Å². The first-order valence-electron chi connectivity index (χ1n) is 12.3. The molecule has 0 unspecified atom stereocenters. The van der Waals surface area contributed by atoms with Crippen LogP contribution in [0.15, 0.2) is 101 Å². The Kier molecular flexibility index (Phi) is 9.47. The van der Waals surface area contributed by atoms with Crippen molar-refractivity contribution < 1.29 is 17.9 Å². The number of carbonyl (C=O) groups excluding carboxylic acids is 1. The molecule has 0 spiro atoms. The van der Waals surface area contributed by atoms with Crippen LogP contribution in [0.25, 0.3) is 0 Å². The number of benzene rings is 4. The number of hydrogen-bond donors (Lipinski definition) is 1. The zero-order chi connectivity index (χ0) is 28.7. The summed E-state index contributed by atoms with van der Waals surface area (Å²) in [6, 6.07) is 25.8. The predicted octanol–water partition coefficient (Wildman–Crippen LogP) is 6.53. The molecule has 0 aliphatic carbocycles. The molecule has 0 aliphatic rings. The van der Waals surface area contributed by atoms with Gasteiger partial charge in [-0.2, -0.15) is 5.10 Å². The zero-order valence-electron chi connectivity index (χ0n) is 21.8. The van der Waals surface area contributed by atoms with Gasteiger partial charge < -0.3 is 4.74 Å². The quantitative estimate of drug-likeness (QED) is 0.167. The van der Waals surface area contributed by atoms with E-state index in [-0.39, 0.29) is 10.6 Å². The fourth-order valence-electron chi connectivity index (χ4n) is 3.68. The lowest BCUT2D eigenvalue weighted by Gasteiger charge is -2.24. The summed E-state index contributed by atoms with van der Waals surface area (Å²) in [5.41, 5.74) is 6.03. The monoisotopic (exact) mass is 595 g/mol. The average Bonchev–Trinajstić information content (AvgIpc) is 2.93. The van der Waals surface area contributed by atoms with Crippen molar-refractivity contribution >= 4 is 51.0 Å². The number of hydrazone groups is 1. The van der Waals surface area contributed by atoms with Crippen LogP contribution in [0.2, 0.25) is 10.0 Å². The minimum absolute atomic E-state index is 0.0590. The van der Waals surface area contributed by atoms with Crippen LogP contribution in [0.4, 0.5) is 5.69 Å². The van der Waals surface area contributed by atoms with Gasteiger partial charge in [-0.1, -0.05) is 59.1 Å². The van der Waals surface area contributed by atoms with Crippen LogP contribution in [-0.2, 0) is 21.4 Å². The van der Waals surface area contributed by atoms with E-state index < -0.39 is 22.5 Å². The molecule has 7 nitrogen and oxygen atoms in total. The molecule has 206 valence electrons. The third-order valence-corrected chi connectivity index (χ3v) is 8.35. The Balaban J connectivity index is 1.42. The van der Waals surface area contributed by atoms with E-state index in [1.165, 1.54) is 24.4 Å². The third-order valence-electron chi connectivity index (χ3n) is 5.92. The molecule has 0 heterocycles. The van der Waals surface area contributed by atoms with E-state index in [2.05, 4.69) is 10.5 Å². The van der Waals surface area contributed by atoms with Crippen molar-refractivity contribution in [3.63, 3.8) is 0 Å². The SMILES string of the molecule is Cc1ccc(S(=O)(=O)N(CC(=O)N/N=C\c2ccc(OCc3cccc(Cl)c3)cc2)c2ccc(C)c(Cl)c2)cc1. The molecule has 0 saturated carbocycles. The number of sulfonamides is 1. The van der Waals surface area contributed by atoms with Crippen LogP contribution in [0.3, 0.4) is 0 Å². The maximum absolute atomic E-state index is 13.5. The van der Waals surface area contributed by atoms with Gasteiger partial charge in [-0.25, -0.2) is 13.8 Å². The molecule has 0 saturated heterocycles. The molecule has 40 heavy (non-hydrogen) atoms. The van der Waals surface area contributed by atoms with Gasteiger partial charge in [0, 0.05) is 10.0 Å². The van der Waals surface area contributed by atoms with E-state index in [1.807, 2.05) is 32.0 Å². The Hall–Kier alpha value is -3.85. The van der Waals surface area contributed by atoms with E-state index >= 15 is 0 Å². The van der Waals surface area contributed by atoms with Crippen molar-refractivity contribution in [1.29, 1.82) is 0 Å². The van der Waals surface area contributed by atoms with Crippen molar-refractivity contribution in [1.82, 2.24) is 5.43 Å². The predicted molar refractivity (Wildman–Crippen MR) is 160 cm³/mol. The molecule has 1 amide bonds. The van der Waals surface area contributed by atoms with E-state index in [9.17, 15) is 13.2 Å². The second kappa shape index (κ2) is 13.0. The highest BCUT2D eigenvalue weighted by molar-refractivity contribution is 7.92. The van der Waals surface area contributed by atoms with E-state index in [0.29, 0.717) is 28.0 Å². The van der Waals surface area contributed by atoms with Crippen LogP contribution >= 0.6 is 23.2 Å². The van der Waals surface area contributed by atoms with Crippen LogP contribution < -0.4 is 14.5 Å². The lowest BCUT2D eigenvalue weighted by Crippen LogP contribution is -2.39. The number of nitrogens with zero attached hydrogens (tertiary/aromatic N) is 2. The van der Waals surface area contributed by atoms with Gasteiger partial charge in [0.2, 0.25) is 0 Å². The normalized spacial score (nSPS) is 11.4. The molecular weight excluding hydrogens is 569 g/mol. The van der Waals surface area contributed by atoms with Crippen molar-refractivity contribution in [2.24, 2.45) is 5.10 Å². The Morgan fingerprint density at radius 3 is 2.35 bits per heavy atom. The minimum Gasteiger partial charge on any atom is -0.489 e. The maximum Gasteiger partial charge on any atom is 0.264 e. The highest BCUT2D eigenvalue weighted by atomic mass is 35.5. The largest absolute Gasteiger partial charge is 0.489 e. The number of carbonyl (C=O) groups is 1. The highest BCUT2D eigenvalue weighted by Gasteiger charge is 2.27. The van der Waals surface area contributed by atoms with Crippen LogP contribution in [0, 0.1) is 13.8 Å². The Bertz CT molecular complexity index is 1620. The number of halogens is 2. The van der Waals surface area contributed by atoms with Gasteiger partial charge >= 0.3 is 0 Å². The molecule has 0 radical (unpaired) electrons. The van der Waals surface area contributed by atoms with Gasteiger partial charge in [0.05, 0.1) is 16.8 Å². The van der Waals surface area contributed by atoms with Gasteiger partial charge in [-0.15, -0.1) is 0 Å². The van der Waals surface area contributed by atoms with Crippen LogP contribution in [0.5, 0.6) is 5.75 Å². The minimum atomic E-state index is -4.06. The topological polar surface area (TPSA) is 88.1 Å². The molecule has 4 aromatic carbocycles. The molecule has 0 bridgehead atoms. The van der Waals surface area contributed by atoms with Crippen molar-refractivity contribution in [3.05, 3.63) is 123 Å². The zero-order valence-corrected chi connectivity index (χ0v) is 24.2. The first-order chi connectivity index (χ1) is 19.1. The molecule has 1 N–H and O–H groups in total. The first-order valence-corrected chi connectivity index (χ1v) is 14.5. The summed E-state index contributed by atoms with van der Waals surface area (Å²) in [5.74, 6) is 0.0417. The lowest BCUT2D eigenvalue weighted by atomic mass is 10.2. The van der Waals surface area contributed by atoms with Gasteiger partial charge in [0.15, 0.2) is 0 Å². The van der Waals surface area contributed by atoms with E-state index in [4.69, 9.17) is 27.9 Å². The summed E-state index contributed by atoms with van der Waals surface area (Å²) in [4.78, 5) is 12.9. The summed E-state index contributed by atoms with van der Waals surface area (Å²) in [6.45, 7) is 3.55. The number of nitrogens with one attached hydrogen (secondary N) is 1. The number of rotatable bonds is 10. The average molecular weight is 597 g/mol. The Morgan fingerprint density at radius 2 is 1.68 bits per heavy atom. The Morgan fingerprint density at radius 1 is 0.950 bits per heavy atom. The molecule has 10 heteroatoms. The molecule has 4 rings (SSSR count). The summed E-state index contributed by atoms with van der Waals surface area (Å²) < 4.78 is 33.8. The highest BCUT2D eigenvalue weighted by Crippen LogP contribution is 2.28. The number of hydrogen-bond acceptors (Lipinski definition) is 5.